The minimum absolute atomic E-state index is 0.358. The fraction of sp³-hybridized carbons (Fsp3) is 0.438. The number of aromatic nitrogens is 1. The third-order valence-electron chi connectivity index (χ3n) is 3.52. The SMILES string of the molecule is CCC(C)(C)CNCc1ccc2ccccc2n1. The van der Waals surface area contributed by atoms with Crippen molar-refractivity contribution in [2.75, 3.05) is 6.54 Å². The molecule has 1 heterocycles. The molecule has 0 aliphatic rings. The lowest BCUT2D eigenvalue weighted by molar-refractivity contribution is 0.327. The van der Waals surface area contributed by atoms with E-state index < -0.39 is 0 Å². The monoisotopic (exact) mass is 242 g/mol. The van der Waals surface area contributed by atoms with E-state index in [0.717, 1.165) is 24.3 Å². The van der Waals surface area contributed by atoms with Crippen LogP contribution in [-0.2, 0) is 6.54 Å². The van der Waals surface area contributed by atoms with E-state index in [1.54, 1.807) is 0 Å². The standard InChI is InChI=1S/C16H22N2/c1-4-16(2,3)12-17-11-14-10-9-13-7-5-6-8-15(13)18-14/h5-10,17H,4,11-12H2,1-3H3. The van der Waals surface area contributed by atoms with Gasteiger partial charge in [0.05, 0.1) is 11.2 Å². The summed E-state index contributed by atoms with van der Waals surface area (Å²) in [7, 11) is 0. The van der Waals surface area contributed by atoms with Crippen LogP contribution in [0, 0.1) is 5.41 Å². The zero-order valence-corrected chi connectivity index (χ0v) is 11.5. The van der Waals surface area contributed by atoms with Crippen LogP contribution in [0.5, 0.6) is 0 Å². The second-order valence-corrected chi connectivity index (χ2v) is 5.62. The third kappa shape index (κ3) is 3.30. The number of fused-ring (bicyclic) bond motifs is 1. The van der Waals surface area contributed by atoms with E-state index in [0.29, 0.717) is 5.41 Å². The molecule has 0 saturated heterocycles. The van der Waals surface area contributed by atoms with Crippen molar-refractivity contribution in [3.63, 3.8) is 0 Å². The number of benzene rings is 1. The van der Waals surface area contributed by atoms with Crippen LogP contribution in [0.2, 0.25) is 0 Å². The van der Waals surface area contributed by atoms with Crippen LogP contribution in [0.15, 0.2) is 36.4 Å². The van der Waals surface area contributed by atoms with Gasteiger partial charge in [0.1, 0.15) is 0 Å². The first-order valence-electron chi connectivity index (χ1n) is 6.66. The number of pyridine rings is 1. The zero-order valence-electron chi connectivity index (χ0n) is 11.5. The highest BCUT2D eigenvalue weighted by Crippen LogP contribution is 2.18. The molecule has 0 radical (unpaired) electrons. The lowest BCUT2D eigenvalue weighted by Crippen LogP contribution is -2.28. The first-order valence-corrected chi connectivity index (χ1v) is 6.66. The zero-order chi connectivity index (χ0) is 13.0. The number of hydrogen-bond acceptors (Lipinski definition) is 2. The lowest BCUT2D eigenvalue weighted by atomic mass is 9.90. The van der Waals surface area contributed by atoms with Crippen molar-refractivity contribution in [3.05, 3.63) is 42.1 Å². The van der Waals surface area contributed by atoms with Crippen LogP contribution >= 0.6 is 0 Å². The molecule has 2 heteroatoms. The molecule has 0 amide bonds. The molecule has 0 fully saturated rings. The average molecular weight is 242 g/mol. The molecule has 0 bridgehead atoms. The first-order chi connectivity index (χ1) is 8.61. The number of nitrogens with one attached hydrogen (secondary N) is 1. The molecule has 96 valence electrons. The Bertz CT molecular complexity index is 517. The molecule has 0 unspecified atom stereocenters. The van der Waals surface area contributed by atoms with Gasteiger partial charge in [0.25, 0.3) is 0 Å². The van der Waals surface area contributed by atoms with Gasteiger partial charge in [-0.25, -0.2) is 0 Å². The fourth-order valence-electron chi connectivity index (χ4n) is 1.86. The number of hydrogen-bond donors (Lipinski definition) is 1. The Balaban J connectivity index is 2.00. The predicted octanol–water partition coefficient (Wildman–Crippen LogP) is 3.76. The highest BCUT2D eigenvalue weighted by Gasteiger charge is 2.13. The molecular weight excluding hydrogens is 220 g/mol. The summed E-state index contributed by atoms with van der Waals surface area (Å²) in [6.45, 7) is 8.67. The summed E-state index contributed by atoms with van der Waals surface area (Å²) in [5.41, 5.74) is 2.55. The summed E-state index contributed by atoms with van der Waals surface area (Å²) < 4.78 is 0. The molecule has 0 saturated carbocycles. The van der Waals surface area contributed by atoms with Crippen molar-refractivity contribution in [2.45, 2.75) is 33.7 Å². The maximum absolute atomic E-state index is 4.66. The average Bonchev–Trinajstić information content (AvgIpc) is 2.38. The molecule has 1 N–H and O–H groups in total. The van der Waals surface area contributed by atoms with Crippen LogP contribution < -0.4 is 5.32 Å². The van der Waals surface area contributed by atoms with Gasteiger partial charge >= 0.3 is 0 Å². The van der Waals surface area contributed by atoms with Gasteiger partial charge in [0.15, 0.2) is 0 Å². The van der Waals surface area contributed by atoms with Gasteiger partial charge in [-0.3, -0.25) is 4.98 Å². The second-order valence-electron chi connectivity index (χ2n) is 5.62. The van der Waals surface area contributed by atoms with Gasteiger partial charge in [0, 0.05) is 18.5 Å². The molecule has 2 nitrogen and oxygen atoms in total. The predicted molar refractivity (Wildman–Crippen MR) is 77.5 cm³/mol. The van der Waals surface area contributed by atoms with Gasteiger partial charge in [-0.1, -0.05) is 45.0 Å². The summed E-state index contributed by atoms with van der Waals surface area (Å²) in [4.78, 5) is 4.66. The van der Waals surface area contributed by atoms with Gasteiger partial charge < -0.3 is 5.32 Å². The normalized spacial score (nSPS) is 11.9. The van der Waals surface area contributed by atoms with Gasteiger partial charge in [-0.15, -0.1) is 0 Å². The summed E-state index contributed by atoms with van der Waals surface area (Å²) in [5, 5.41) is 4.70. The topological polar surface area (TPSA) is 24.9 Å². The molecule has 1 aromatic heterocycles. The summed E-state index contributed by atoms with van der Waals surface area (Å²) in [6.07, 6.45) is 1.19. The van der Waals surface area contributed by atoms with E-state index in [1.165, 1.54) is 11.8 Å². The largest absolute Gasteiger partial charge is 0.311 e. The van der Waals surface area contributed by atoms with Crippen molar-refractivity contribution in [1.29, 1.82) is 0 Å². The van der Waals surface area contributed by atoms with E-state index in [9.17, 15) is 0 Å². The third-order valence-corrected chi connectivity index (χ3v) is 3.52. The van der Waals surface area contributed by atoms with Crippen molar-refractivity contribution >= 4 is 10.9 Å². The molecule has 0 atom stereocenters. The van der Waals surface area contributed by atoms with Crippen molar-refractivity contribution < 1.29 is 0 Å². The molecule has 1 aromatic carbocycles. The van der Waals surface area contributed by atoms with E-state index in [1.807, 2.05) is 12.1 Å². The highest BCUT2D eigenvalue weighted by molar-refractivity contribution is 5.78. The van der Waals surface area contributed by atoms with E-state index >= 15 is 0 Å². The Morgan fingerprint density at radius 1 is 1.11 bits per heavy atom. The van der Waals surface area contributed by atoms with Crippen molar-refractivity contribution in [1.82, 2.24) is 10.3 Å². The Hall–Kier alpha value is -1.41. The molecule has 0 aliphatic heterocycles. The summed E-state index contributed by atoms with van der Waals surface area (Å²) in [5.74, 6) is 0. The minimum atomic E-state index is 0.358. The van der Waals surface area contributed by atoms with Crippen LogP contribution in [0.25, 0.3) is 10.9 Å². The Morgan fingerprint density at radius 3 is 2.67 bits per heavy atom. The van der Waals surface area contributed by atoms with Crippen molar-refractivity contribution in [2.24, 2.45) is 5.41 Å². The molecule has 18 heavy (non-hydrogen) atoms. The van der Waals surface area contributed by atoms with Crippen LogP contribution in [-0.4, -0.2) is 11.5 Å². The van der Waals surface area contributed by atoms with Gasteiger partial charge in [-0.05, 0) is 24.0 Å². The van der Waals surface area contributed by atoms with Crippen molar-refractivity contribution in [3.8, 4) is 0 Å². The van der Waals surface area contributed by atoms with E-state index in [-0.39, 0.29) is 0 Å². The second kappa shape index (κ2) is 5.49. The lowest BCUT2D eigenvalue weighted by Gasteiger charge is -2.22. The first kappa shape index (κ1) is 13.0. The van der Waals surface area contributed by atoms with Crippen LogP contribution in [0.3, 0.4) is 0 Å². The smallest absolute Gasteiger partial charge is 0.0705 e. The van der Waals surface area contributed by atoms with Crippen LogP contribution in [0.4, 0.5) is 0 Å². The highest BCUT2D eigenvalue weighted by atomic mass is 14.9. The molecule has 0 aliphatic carbocycles. The van der Waals surface area contributed by atoms with Gasteiger partial charge in [0.2, 0.25) is 0 Å². The van der Waals surface area contributed by atoms with Gasteiger partial charge in [-0.2, -0.15) is 0 Å². The maximum atomic E-state index is 4.66. The minimum Gasteiger partial charge on any atom is -0.311 e. The number of nitrogens with zero attached hydrogens (tertiary/aromatic N) is 1. The quantitative estimate of drug-likeness (QED) is 0.863. The van der Waals surface area contributed by atoms with Crippen LogP contribution in [0.1, 0.15) is 32.9 Å². The fourth-order valence-corrected chi connectivity index (χ4v) is 1.86. The molecule has 0 spiro atoms. The van der Waals surface area contributed by atoms with E-state index in [2.05, 4.69) is 55.3 Å². The molecule has 2 rings (SSSR count). The number of para-hydroxylation sites is 1. The molecular formula is C16H22N2. The van der Waals surface area contributed by atoms with E-state index in [4.69, 9.17) is 0 Å². The summed E-state index contributed by atoms with van der Waals surface area (Å²) >= 11 is 0. The molecule has 2 aromatic rings. The maximum Gasteiger partial charge on any atom is 0.0705 e. The Kier molecular flexibility index (Phi) is 3.97. The number of rotatable bonds is 5. The summed E-state index contributed by atoms with van der Waals surface area (Å²) in [6, 6.07) is 12.5. The Morgan fingerprint density at radius 2 is 1.89 bits per heavy atom. The Labute approximate surface area is 109 Å².